The molecule has 0 radical (unpaired) electrons. The molecule has 2 aromatic rings. The van der Waals surface area contributed by atoms with Crippen molar-refractivity contribution in [2.45, 2.75) is 38.0 Å². The Balaban J connectivity index is 1.36. The average Bonchev–Trinajstić information content (AvgIpc) is 3.18. The second kappa shape index (κ2) is 8.81. The Morgan fingerprint density at radius 3 is 2.88 bits per heavy atom. The van der Waals surface area contributed by atoms with Gasteiger partial charge in [0.05, 0.1) is 0 Å². The molecular weight excluding hydrogens is 332 g/mol. The number of hydrogen-bond donors (Lipinski definition) is 2. The van der Waals surface area contributed by atoms with E-state index in [0.29, 0.717) is 37.4 Å². The minimum atomic E-state index is -0.0690. The van der Waals surface area contributed by atoms with E-state index in [9.17, 15) is 9.59 Å². The highest BCUT2D eigenvalue weighted by Crippen LogP contribution is 2.30. The summed E-state index contributed by atoms with van der Waals surface area (Å²) in [5.41, 5.74) is 3.49. The molecule has 132 valence electrons. The molecule has 0 aliphatic heterocycles. The van der Waals surface area contributed by atoms with E-state index < -0.39 is 0 Å². The molecule has 1 atom stereocenters. The van der Waals surface area contributed by atoms with Gasteiger partial charge in [-0.3, -0.25) is 9.59 Å². The molecule has 0 fully saturated rings. The highest BCUT2D eigenvalue weighted by atomic mass is 32.1. The summed E-state index contributed by atoms with van der Waals surface area (Å²) >= 11 is 1.50. The third-order valence-corrected chi connectivity index (χ3v) is 5.37. The molecule has 5 heteroatoms. The van der Waals surface area contributed by atoms with Crippen LogP contribution in [0.15, 0.2) is 41.1 Å². The molecule has 0 saturated heterocycles. The van der Waals surface area contributed by atoms with Gasteiger partial charge in [-0.1, -0.05) is 24.3 Å². The van der Waals surface area contributed by atoms with Crippen LogP contribution in [0, 0.1) is 0 Å². The predicted molar refractivity (Wildman–Crippen MR) is 101 cm³/mol. The molecule has 2 amide bonds. The van der Waals surface area contributed by atoms with Crippen molar-refractivity contribution in [1.82, 2.24) is 10.6 Å². The third-order valence-electron chi connectivity index (χ3n) is 4.69. The number of hydrogen-bond acceptors (Lipinski definition) is 3. The van der Waals surface area contributed by atoms with Crippen LogP contribution in [0.5, 0.6) is 0 Å². The molecule has 25 heavy (non-hydrogen) atoms. The summed E-state index contributed by atoms with van der Waals surface area (Å²) in [5, 5.41) is 9.61. The smallest absolute Gasteiger partial charge is 0.252 e. The first-order valence-electron chi connectivity index (χ1n) is 8.89. The molecule has 0 bridgehead atoms. The number of amides is 2. The first-order chi connectivity index (χ1) is 12.2. The standard InChI is InChI=1S/C20H24N2O2S/c23-19(9-4-11-21-20(24)17-10-12-25-14-17)22-13-16-7-3-6-15-5-1-2-8-18(15)16/h1-2,5,8,10,12,14,16H,3-4,6-7,9,11,13H2,(H,21,24)(H,22,23). The first kappa shape index (κ1) is 17.7. The molecule has 4 nitrogen and oxygen atoms in total. The topological polar surface area (TPSA) is 58.2 Å². The van der Waals surface area contributed by atoms with Crippen molar-refractivity contribution in [2.24, 2.45) is 0 Å². The maximum absolute atomic E-state index is 12.0. The Labute approximate surface area is 152 Å². The Morgan fingerprint density at radius 1 is 1.16 bits per heavy atom. The van der Waals surface area contributed by atoms with Crippen molar-refractivity contribution in [3.8, 4) is 0 Å². The highest BCUT2D eigenvalue weighted by Gasteiger charge is 2.20. The summed E-state index contributed by atoms with van der Waals surface area (Å²) in [4.78, 5) is 23.8. The molecular formula is C20H24N2O2S. The van der Waals surface area contributed by atoms with Gasteiger partial charge < -0.3 is 10.6 Å². The lowest BCUT2D eigenvalue weighted by Crippen LogP contribution is -2.31. The van der Waals surface area contributed by atoms with Crippen molar-refractivity contribution in [3.05, 3.63) is 57.8 Å². The summed E-state index contributed by atoms with van der Waals surface area (Å²) in [7, 11) is 0. The zero-order valence-electron chi connectivity index (χ0n) is 14.3. The lowest BCUT2D eigenvalue weighted by Gasteiger charge is -2.25. The second-order valence-electron chi connectivity index (χ2n) is 6.46. The molecule has 1 aromatic heterocycles. The Bertz CT molecular complexity index is 712. The fourth-order valence-electron chi connectivity index (χ4n) is 3.34. The SMILES string of the molecule is O=C(CCCNC(=O)c1ccsc1)NCC1CCCc2ccccc21. The number of carbonyl (C=O) groups excluding carboxylic acids is 2. The molecule has 0 spiro atoms. The Kier molecular flexibility index (Phi) is 6.23. The Hall–Kier alpha value is -2.14. The molecule has 1 aromatic carbocycles. The van der Waals surface area contributed by atoms with Crippen molar-refractivity contribution in [2.75, 3.05) is 13.1 Å². The maximum Gasteiger partial charge on any atom is 0.252 e. The number of nitrogens with one attached hydrogen (secondary N) is 2. The van der Waals surface area contributed by atoms with Gasteiger partial charge in [0.1, 0.15) is 0 Å². The molecule has 2 N–H and O–H groups in total. The summed E-state index contributed by atoms with van der Waals surface area (Å²) in [6.07, 6.45) is 4.56. The van der Waals surface area contributed by atoms with Crippen LogP contribution in [0.3, 0.4) is 0 Å². The van der Waals surface area contributed by atoms with E-state index >= 15 is 0 Å². The summed E-state index contributed by atoms with van der Waals surface area (Å²) in [6.45, 7) is 1.23. The van der Waals surface area contributed by atoms with E-state index in [1.165, 1.54) is 28.9 Å². The highest BCUT2D eigenvalue weighted by molar-refractivity contribution is 7.08. The number of fused-ring (bicyclic) bond motifs is 1. The third kappa shape index (κ3) is 4.92. The minimum Gasteiger partial charge on any atom is -0.355 e. The van der Waals surface area contributed by atoms with Crippen LogP contribution in [0.2, 0.25) is 0 Å². The van der Waals surface area contributed by atoms with Crippen LogP contribution in [0.25, 0.3) is 0 Å². The van der Waals surface area contributed by atoms with Gasteiger partial charge in [-0.25, -0.2) is 0 Å². The van der Waals surface area contributed by atoms with Crippen LogP contribution < -0.4 is 10.6 Å². The van der Waals surface area contributed by atoms with E-state index in [1.807, 2.05) is 10.8 Å². The second-order valence-corrected chi connectivity index (χ2v) is 7.24. The van der Waals surface area contributed by atoms with Crippen LogP contribution in [0.4, 0.5) is 0 Å². The van der Waals surface area contributed by atoms with Crippen LogP contribution >= 0.6 is 11.3 Å². The van der Waals surface area contributed by atoms with E-state index in [2.05, 4.69) is 34.9 Å². The normalized spacial score (nSPS) is 16.1. The van der Waals surface area contributed by atoms with Gasteiger partial charge in [0, 0.05) is 36.4 Å². The number of aryl methyl sites for hydroxylation is 1. The predicted octanol–water partition coefficient (Wildman–Crippen LogP) is 3.49. The van der Waals surface area contributed by atoms with Crippen molar-refractivity contribution in [1.29, 1.82) is 0 Å². The van der Waals surface area contributed by atoms with Gasteiger partial charge in [0.15, 0.2) is 0 Å². The van der Waals surface area contributed by atoms with Crippen molar-refractivity contribution in [3.63, 3.8) is 0 Å². The molecule has 1 aliphatic rings. The number of thiophene rings is 1. The Morgan fingerprint density at radius 2 is 2.04 bits per heavy atom. The average molecular weight is 356 g/mol. The van der Waals surface area contributed by atoms with Crippen molar-refractivity contribution < 1.29 is 9.59 Å². The summed E-state index contributed by atoms with van der Waals surface area (Å²) < 4.78 is 0. The fraction of sp³-hybridized carbons (Fsp3) is 0.400. The van der Waals surface area contributed by atoms with Crippen LogP contribution in [-0.4, -0.2) is 24.9 Å². The largest absolute Gasteiger partial charge is 0.355 e. The molecule has 3 rings (SSSR count). The first-order valence-corrected chi connectivity index (χ1v) is 9.83. The zero-order chi connectivity index (χ0) is 17.5. The van der Waals surface area contributed by atoms with Crippen molar-refractivity contribution >= 4 is 23.2 Å². The summed E-state index contributed by atoms with van der Waals surface area (Å²) in [5.74, 6) is 0.417. The monoisotopic (exact) mass is 356 g/mol. The zero-order valence-corrected chi connectivity index (χ0v) is 15.1. The number of carbonyl (C=O) groups is 2. The van der Waals surface area contributed by atoms with Crippen LogP contribution in [-0.2, 0) is 11.2 Å². The van der Waals surface area contributed by atoms with Gasteiger partial charge in [-0.2, -0.15) is 11.3 Å². The fourth-order valence-corrected chi connectivity index (χ4v) is 3.97. The molecule has 1 heterocycles. The van der Waals surface area contributed by atoms with Gasteiger partial charge in [-0.05, 0) is 48.3 Å². The lowest BCUT2D eigenvalue weighted by molar-refractivity contribution is -0.121. The van der Waals surface area contributed by atoms with E-state index in [4.69, 9.17) is 0 Å². The number of benzene rings is 1. The quantitative estimate of drug-likeness (QED) is 0.746. The molecule has 0 saturated carbocycles. The van der Waals surface area contributed by atoms with Gasteiger partial charge in [0.25, 0.3) is 5.91 Å². The maximum atomic E-state index is 12.0. The van der Waals surface area contributed by atoms with Crippen LogP contribution in [0.1, 0.15) is 53.1 Å². The minimum absolute atomic E-state index is 0.0628. The van der Waals surface area contributed by atoms with E-state index in [0.717, 1.165) is 12.8 Å². The van der Waals surface area contributed by atoms with Gasteiger partial charge >= 0.3 is 0 Å². The van der Waals surface area contributed by atoms with E-state index in [1.54, 1.807) is 6.07 Å². The molecule has 1 unspecified atom stereocenters. The van der Waals surface area contributed by atoms with E-state index in [-0.39, 0.29) is 11.8 Å². The van der Waals surface area contributed by atoms with Gasteiger partial charge in [-0.15, -0.1) is 0 Å². The van der Waals surface area contributed by atoms with Gasteiger partial charge in [0.2, 0.25) is 5.91 Å². The summed E-state index contributed by atoms with van der Waals surface area (Å²) in [6, 6.07) is 10.3. The lowest BCUT2D eigenvalue weighted by atomic mass is 9.83. The molecule has 1 aliphatic carbocycles. The number of rotatable bonds is 7.